The fourth-order valence-electron chi connectivity index (χ4n) is 2.30. The summed E-state index contributed by atoms with van der Waals surface area (Å²) in [6, 6.07) is 3.74. The van der Waals surface area contributed by atoms with Crippen LogP contribution in [0.25, 0.3) is 0 Å². The minimum absolute atomic E-state index is 0.156. The van der Waals surface area contributed by atoms with Gasteiger partial charge in [0.25, 0.3) is 0 Å². The van der Waals surface area contributed by atoms with E-state index in [9.17, 15) is 5.11 Å². The van der Waals surface area contributed by atoms with E-state index in [1.807, 2.05) is 19.9 Å². The van der Waals surface area contributed by atoms with Gasteiger partial charge < -0.3 is 19.9 Å². The van der Waals surface area contributed by atoms with Crippen LogP contribution in [0.1, 0.15) is 20.3 Å². The van der Waals surface area contributed by atoms with Crippen molar-refractivity contribution in [3.8, 4) is 11.5 Å². The van der Waals surface area contributed by atoms with Gasteiger partial charge in [-0.15, -0.1) is 0 Å². The maximum absolute atomic E-state index is 9.76. The van der Waals surface area contributed by atoms with E-state index in [2.05, 4.69) is 5.32 Å². The molecule has 1 aromatic carbocycles. The van der Waals surface area contributed by atoms with Gasteiger partial charge >= 0.3 is 0 Å². The topological polar surface area (TPSA) is 50.7 Å². The molecule has 0 heterocycles. The summed E-state index contributed by atoms with van der Waals surface area (Å²) < 4.78 is 10.5. The smallest absolute Gasteiger partial charge is 0.162 e. The summed E-state index contributed by atoms with van der Waals surface area (Å²) in [6.07, 6.45) is 0.446. The number of nitrogens with one attached hydrogen (secondary N) is 1. The third-order valence-corrected chi connectivity index (χ3v) is 4.33. The molecule has 19 heavy (non-hydrogen) atoms. The molecule has 106 valence electrons. The van der Waals surface area contributed by atoms with Crippen LogP contribution in [0, 0.1) is 5.41 Å². The van der Waals surface area contributed by atoms with Crippen molar-refractivity contribution in [2.24, 2.45) is 5.41 Å². The third-order valence-electron chi connectivity index (χ3n) is 4.02. The van der Waals surface area contributed by atoms with Gasteiger partial charge in [0.05, 0.1) is 31.0 Å². The van der Waals surface area contributed by atoms with Gasteiger partial charge in [-0.3, -0.25) is 0 Å². The first-order chi connectivity index (χ1) is 8.90. The van der Waals surface area contributed by atoms with Gasteiger partial charge in [-0.1, -0.05) is 25.4 Å². The number of aliphatic hydroxyl groups excluding tert-OH is 1. The van der Waals surface area contributed by atoms with Gasteiger partial charge in [0.2, 0.25) is 0 Å². The number of anilines is 1. The van der Waals surface area contributed by atoms with Crippen LogP contribution in [0.2, 0.25) is 5.02 Å². The Labute approximate surface area is 118 Å². The lowest BCUT2D eigenvalue weighted by Crippen LogP contribution is -2.56. The van der Waals surface area contributed by atoms with E-state index in [1.54, 1.807) is 20.3 Å². The predicted octanol–water partition coefficient (Wildman–Crippen LogP) is 2.93. The molecule has 2 rings (SSSR count). The van der Waals surface area contributed by atoms with E-state index in [0.29, 0.717) is 16.5 Å². The molecular weight excluding hydrogens is 266 g/mol. The summed E-state index contributed by atoms with van der Waals surface area (Å²) in [5.74, 6) is 1.23. The highest BCUT2D eigenvalue weighted by molar-refractivity contribution is 6.33. The van der Waals surface area contributed by atoms with Gasteiger partial charge in [0.15, 0.2) is 11.5 Å². The lowest BCUT2D eigenvalue weighted by atomic mass is 9.64. The normalized spacial score (nSPS) is 24.5. The van der Waals surface area contributed by atoms with Crippen molar-refractivity contribution in [2.45, 2.75) is 32.4 Å². The fraction of sp³-hybridized carbons (Fsp3) is 0.571. The third kappa shape index (κ3) is 2.47. The second-order valence-electron chi connectivity index (χ2n) is 5.46. The van der Waals surface area contributed by atoms with Crippen LogP contribution in [0.5, 0.6) is 11.5 Å². The van der Waals surface area contributed by atoms with Crippen molar-refractivity contribution in [1.29, 1.82) is 0 Å². The monoisotopic (exact) mass is 285 g/mol. The predicted molar refractivity (Wildman–Crippen MR) is 76.4 cm³/mol. The maximum Gasteiger partial charge on any atom is 0.162 e. The molecule has 0 aromatic heterocycles. The molecule has 1 aromatic rings. The minimum Gasteiger partial charge on any atom is -0.493 e. The van der Waals surface area contributed by atoms with Gasteiger partial charge in [-0.2, -0.15) is 0 Å². The summed E-state index contributed by atoms with van der Waals surface area (Å²) in [5, 5.41) is 13.7. The van der Waals surface area contributed by atoms with Gasteiger partial charge in [-0.25, -0.2) is 0 Å². The first-order valence-corrected chi connectivity index (χ1v) is 6.64. The fourth-order valence-corrected chi connectivity index (χ4v) is 2.51. The molecule has 1 aliphatic carbocycles. The van der Waals surface area contributed by atoms with Crippen LogP contribution in [-0.4, -0.2) is 31.5 Å². The van der Waals surface area contributed by atoms with E-state index in [0.717, 1.165) is 12.1 Å². The Hall–Kier alpha value is -1.13. The number of aliphatic hydroxyl groups is 1. The second-order valence-corrected chi connectivity index (χ2v) is 5.86. The van der Waals surface area contributed by atoms with Crippen molar-refractivity contribution < 1.29 is 14.6 Å². The molecule has 0 aliphatic heterocycles. The van der Waals surface area contributed by atoms with Crippen molar-refractivity contribution >= 4 is 17.3 Å². The van der Waals surface area contributed by atoms with Gasteiger partial charge in [0.1, 0.15) is 0 Å². The summed E-state index contributed by atoms with van der Waals surface area (Å²) in [6.45, 7) is 4.07. The number of rotatable bonds is 4. The van der Waals surface area contributed by atoms with Crippen molar-refractivity contribution in [2.75, 3.05) is 19.5 Å². The molecule has 0 bridgehead atoms. The largest absolute Gasteiger partial charge is 0.493 e. The Morgan fingerprint density at radius 3 is 2.32 bits per heavy atom. The molecule has 5 heteroatoms. The molecule has 2 N–H and O–H groups in total. The Kier molecular flexibility index (Phi) is 3.83. The van der Waals surface area contributed by atoms with Gasteiger partial charge in [-0.05, 0) is 6.42 Å². The van der Waals surface area contributed by atoms with Crippen molar-refractivity contribution in [3.05, 3.63) is 17.2 Å². The molecule has 2 atom stereocenters. The Bertz CT molecular complexity index is 476. The number of methoxy groups -OCH3 is 2. The van der Waals surface area contributed by atoms with Crippen molar-refractivity contribution in [1.82, 2.24) is 0 Å². The first-order valence-electron chi connectivity index (χ1n) is 6.26. The standard InChI is InChI=1S/C14H20ClNO3/c1-14(2)12(7-13(14)17)16-9-6-11(19-4)10(18-3)5-8(9)15/h5-6,12-13,16-17H,7H2,1-4H3. The highest BCUT2D eigenvalue weighted by Gasteiger charge is 2.47. The van der Waals surface area contributed by atoms with E-state index >= 15 is 0 Å². The molecule has 2 unspecified atom stereocenters. The van der Waals surface area contributed by atoms with Crippen LogP contribution in [0.15, 0.2) is 12.1 Å². The molecule has 1 fully saturated rings. The van der Waals surface area contributed by atoms with Gasteiger partial charge in [0, 0.05) is 23.6 Å². The van der Waals surface area contributed by atoms with Crippen LogP contribution in [-0.2, 0) is 0 Å². The second kappa shape index (κ2) is 5.10. The molecular formula is C14H20ClNO3. The quantitative estimate of drug-likeness (QED) is 0.893. The average Bonchev–Trinajstić information content (AvgIpc) is 2.39. The zero-order chi connectivity index (χ0) is 14.2. The lowest BCUT2D eigenvalue weighted by molar-refractivity contribution is -0.0510. The highest BCUT2D eigenvalue weighted by Crippen LogP contribution is 2.44. The number of hydrogen-bond acceptors (Lipinski definition) is 4. The number of hydrogen-bond donors (Lipinski definition) is 2. The van der Waals surface area contributed by atoms with Crippen LogP contribution >= 0.6 is 11.6 Å². The molecule has 1 saturated carbocycles. The first kappa shape index (κ1) is 14.3. The Balaban J connectivity index is 2.22. The van der Waals surface area contributed by atoms with E-state index in [-0.39, 0.29) is 17.6 Å². The molecule has 4 nitrogen and oxygen atoms in total. The van der Waals surface area contributed by atoms with Crippen LogP contribution in [0.3, 0.4) is 0 Å². The Morgan fingerprint density at radius 1 is 1.26 bits per heavy atom. The number of benzene rings is 1. The Morgan fingerprint density at radius 2 is 1.84 bits per heavy atom. The highest BCUT2D eigenvalue weighted by atomic mass is 35.5. The number of ether oxygens (including phenoxy) is 2. The van der Waals surface area contributed by atoms with E-state index in [1.165, 1.54) is 0 Å². The summed E-state index contributed by atoms with van der Waals surface area (Å²) in [7, 11) is 3.17. The molecule has 1 aliphatic rings. The zero-order valence-electron chi connectivity index (χ0n) is 11.7. The maximum atomic E-state index is 9.76. The van der Waals surface area contributed by atoms with Crippen LogP contribution < -0.4 is 14.8 Å². The zero-order valence-corrected chi connectivity index (χ0v) is 12.4. The van der Waals surface area contributed by atoms with Crippen LogP contribution in [0.4, 0.5) is 5.69 Å². The average molecular weight is 286 g/mol. The van der Waals surface area contributed by atoms with E-state index < -0.39 is 0 Å². The van der Waals surface area contributed by atoms with E-state index in [4.69, 9.17) is 21.1 Å². The lowest BCUT2D eigenvalue weighted by Gasteiger charge is -2.50. The SMILES string of the molecule is COc1cc(Cl)c(NC2CC(O)C2(C)C)cc1OC. The minimum atomic E-state index is -0.274. The summed E-state index contributed by atoms with van der Waals surface area (Å²) in [5.41, 5.74) is 0.639. The number of halogens is 1. The molecule has 0 radical (unpaired) electrons. The molecule has 0 spiro atoms. The molecule has 0 amide bonds. The molecule has 0 saturated heterocycles. The summed E-state index contributed by atoms with van der Waals surface area (Å²) in [4.78, 5) is 0. The van der Waals surface area contributed by atoms with Crippen molar-refractivity contribution in [3.63, 3.8) is 0 Å². The summed E-state index contributed by atoms with van der Waals surface area (Å²) >= 11 is 6.23.